The first kappa shape index (κ1) is 63.1. The van der Waals surface area contributed by atoms with Crippen molar-refractivity contribution in [3.8, 4) is 0 Å². The average molecular weight is 1040 g/mol. The molecule has 6 aliphatic heterocycles. The molecular weight excluding hydrogens is 973 g/mol. The lowest BCUT2D eigenvalue weighted by molar-refractivity contribution is -0.158. The molecule has 0 aliphatic carbocycles. The van der Waals surface area contributed by atoms with Gasteiger partial charge in [-0.1, -0.05) is 53.3 Å². The van der Waals surface area contributed by atoms with E-state index in [-0.39, 0.29) is 40.8 Å². The summed E-state index contributed by atoms with van der Waals surface area (Å²) in [7, 11) is 0. The molecule has 24 heteroatoms. The van der Waals surface area contributed by atoms with Crippen LogP contribution in [0, 0.1) is 11.8 Å². The van der Waals surface area contributed by atoms with E-state index >= 15 is 0 Å². The van der Waals surface area contributed by atoms with E-state index in [1.807, 2.05) is 0 Å². The molecule has 24 nitrogen and oxygen atoms in total. The van der Waals surface area contributed by atoms with E-state index in [0.717, 1.165) is 18.2 Å². The van der Waals surface area contributed by atoms with Crippen molar-refractivity contribution < 1.29 is 114 Å². The van der Waals surface area contributed by atoms with Crippen LogP contribution in [0.15, 0.2) is 74.4 Å². The molecule has 10 atom stereocenters. The third-order valence-electron chi connectivity index (χ3n) is 9.54. The number of carbonyl (C=O) groups is 12. The van der Waals surface area contributed by atoms with Crippen molar-refractivity contribution in [3.05, 3.63) is 74.4 Å². The van der Waals surface area contributed by atoms with Gasteiger partial charge < -0.3 is 56.8 Å². The number of rotatable bonds is 12. The van der Waals surface area contributed by atoms with Gasteiger partial charge in [-0.3, -0.25) is 0 Å². The molecular formula is C49H62O24. The van der Waals surface area contributed by atoms with Gasteiger partial charge >= 0.3 is 71.6 Å². The molecule has 0 aromatic heterocycles. The van der Waals surface area contributed by atoms with Crippen molar-refractivity contribution in [1.82, 2.24) is 0 Å². The molecule has 0 N–H and O–H groups in total. The molecule has 0 bridgehead atoms. The van der Waals surface area contributed by atoms with Crippen molar-refractivity contribution in [2.45, 2.75) is 123 Å². The predicted octanol–water partition coefficient (Wildman–Crippen LogP) is 2.63. The summed E-state index contributed by atoms with van der Waals surface area (Å²) < 4.78 is 56.7. The van der Waals surface area contributed by atoms with Crippen molar-refractivity contribution in [2.24, 2.45) is 11.8 Å². The van der Waals surface area contributed by atoms with Gasteiger partial charge in [0.1, 0.15) is 12.2 Å². The van der Waals surface area contributed by atoms with Gasteiger partial charge in [-0.15, -0.1) is 0 Å². The van der Waals surface area contributed by atoms with Gasteiger partial charge in [0.2, 0.25) is 36.6 Å². The van der Waals surface area contributed by atoms with Gasteiger partial charge in [-0.2, -0.15) is 0 Å². The first-order chi connectivity index (χ1) is 34.1. The summed E-state index contributed by atoms with van der Waals surface area (Å²) >= 11 is 0. The SMILES string of the molecule is C=C(C)C(=O)OC1C(=O)OCC1C.C=C(C)C(=O)OC1CC(C)OC1=O.C=C(C)C(=O)OC1CCOC1=O.C=CC(=O)OC1C(=O)OCC1C.C=CC(=O)OC1CC(C)OC1=O.C=CC(=O)OC1CCOC1=O. The fraction of sp³-hybridized carbons (Fsp3) is 0.510. The molecule has 0 aromatic rings. The number of cyclic esters (lactones) is 6. The van der Waals surface area contributed by atoms with Crippen LogP contribution in [0.4, 0.5) is 0 Å². The Bertz CT molecular complexity index is 2150. The minimum absolute atomic E-state index is 0.0681. The van der Waals surface area contributed by atoms with E-state index in [4.69, 9.17) is 37.9 Å². The van der Waals surface area contributed by atoms with Gasteiger partial charge in [-0.05, 0) is 34.6 Å². The molecule has 10 unspecified atom stereocenters. The smallest absolute Gasteiger partial charge is 0.347 e. The van der Waals surface area contributed by atoms with Crippen LogP contribution in [0.3, 0.4) is 0 Å². The summed E-state index contributed by atoms with van der Waals surface area (Å²) in [5.74, 6) is -6.38. The first-order valence-corrected chi connectivity index (χ1v) is 22.3. The highest BCUT2D eigenvalue weighted by molar-refractivity contribution is 5.92. The molecule has 6 rings (SSSR count). The third kappa shape index (κ3) is 22.8. The largest absolute Gasteiger partial charge is 0.463 e. The van der Waals surface area contributed by atoms with Crippen molar-refractivity contribution in [2.75, 3.05) is 26.4 Å². The lowest BCUT2D eigenvalue weighted by Gasteiger charge is -2.11. The Morgan fingerprint density at radius 1 is 0.438 bits per heavy atom. The van der Waals surface area contributed by atoms with Crippen LogP contribution in [0.2, 0.25) is 0 Å². The second-order valence-corrected chi connectivity index (χ2v) is 16.4. The lowest BCUT2D eigenvalue weighted by atomic mass is 10.1. The highest BCUT2D eigenvalue weighted by Crippen LogP contribution is 2.21. The number of hydrogen-bond acceptors (Lipinski definition) is 24. The zero-order chi connectivity index (χ0) is 55.7. The molecule has 73 heavy (non-hydrogen) atoms. The highest BCUT2D eigenvalue weighted by atomic mass is 16.6. The summed E-state index contributed by atoms with van der Waals surface area (Å²) in [4.78, 5) is 130. The minimum atomic E-state index is -0.760. The second kappa shape index (κ2) is 31.4. The van der Waals surface area contributed by atoms with E-state index in [0.29, 0.717) is 52.1 Å². The fourth-order valence-corrected chi connectivity index (χ4v) is 5.59. The Morgan fingerprint density at radius 3 is 1.05 bits per heavy atom. The Kier molecular flexibility index (Phi) is 27.2. The number of ether oxygens (including phenoxy) is 12. The maximum atomic E-state index is 11.1. The van der Waals surface area contributed by atoms with Crippen LogP contribution in [0.25, 0.3) is 0 Å². The number of esters is 12. The van der Waals surface area contributed by atoms with Crippen LogP contribution >= 0.6 is 0 Å². The summed E-state index contributed by atoms with van der Waals surface area (Å²) in [6.45, 7) is 32.8. The monoisotopic (exact) mass is 1030 g/mol. The molecule has 0 amide bonds. The van der Waals surface area contributed by atoms with Gasteiger partial charge in [0.25, 0.3) is 0 Å². The highest BCUT2D eigenvalue weighted by Gasteiger charge is 2.39. The quantitative estimate of drug-likeness (QED) is 0.154. The molecule has 0 radical (unpaired) electrons. The van der Waals surface area contributed by atoms with E-state index < -0.39 is 108 Å². The number of carbonyl (C=O) groups excluding carboxylic acids is 12. The molecule has 6 fully saturated rings. The van der Waals surface area contributed by atoms with Crippen LogP contribution in [-0.4, -0.2) is 147 Å². The zero-order valence-electron chi connectivity index (χ0n) is 41.7. The minimum Gasteiger partial charge on any atom is -0.463 e. The Morgan fingerprint density at radius 2 is 0.753 bits per heavy atom. The molecule has 6 heterocycles. The molecule has 6 aliphatic rings. The summed E-state index contributed by atoms with van der Waals surface area (Å²) in [6, 6.07) is 0. The maximum Gasteiger partial charge on any atom is 0.347 e. The standard InChI is InChI=1S/2C9H12O4.3C8H10O4.C7H8O4/c1-5(2)8(10)13-7-6(3)4-12-9(7)11;1-5(2)8(10)13-7-4-6(3)12-9(7)11;1-5(2)7(9)12-6-3-4-11-8(6)10;1-3-7(9)12-6-4-5(2)11-8(6)10;1-3-6(9)12-7-5(2)4-11-8(7)10;1-2-6(8)11-5-3-4-10-7(5)9/h2*6-7H,1,4H2,2-3H3;6H,1,3-4H2,2H3;3,5-6H,1,4H2,2H3;3,5,7H,1,4H2,2H3;2,5H,1,3-4H2. The van der Waals surface area contributed by atoms with Crippen molar-refractivity contribution >= 4 is 71.6 Å². The Balaban J connectivity index is 0.000000438. The molecule has 0 aromatic carbocycles. The summed E-state index contributed by atoms with van der Waals surface area (Å²) in [5, 5.41) is 0. The normalized spacial score (nSPS) is 25.7. The predicted molar refractivity (Wildman–Crippen MR) is 246 cm³/mol. The van der Waals surface area contributed by atoms with Gasteiger partial charge in [0, 0.05) is 72.5 Å². The first-order valence-electron chi connectivity index (χ1n) is 22.3. The van der Waals surface area contributed by atoms with Crippen molar-refractivity contribution in [3.63, 3.8) is 0 Å². The van der Waals surface area contributed by atoms with E-state index in [2.05, 4.69) is 58.4 Å². The van der Waals surface area contributed by atoms with E-state index in [1.165, 1.54) is 20.8 Å². The van der Waals surface area contributed by atoms with Crippen LogP contribution in [0.1, 0.15) is 74.1 Å². The lowest BCUT2D eigenvalue weighted by Crippen LogP contribution is -2.27. The fourth-order valence-electron chi connectivity index (χ4n) is 5.59. The second-order valence-electron chi connectivity index (χ2n) is 16.4. The molecule has 0 spiro atoms. The maximum absolute atomic E-state index is 11.1. The van der Waals surface area contributed by atoms with Crippen LogP contribution < -0.4 is 0 Å². The van der Waals surface area contributed by atoms with Gasteiger partial charge in [0.05, 0.1) is 26.4 Å². The van der Waals surface area contributed by atoms with E-state index in [1.54, 1.807) is 27.7 Å². The van der Waals surface area contributed by atoms with E-state index in [9.17, 15) is 57.5 Å². The Labute approximate surface area is 420 Å². The topological polar surface area (TPSA) is 316 Å². The molecule has 6 saturated heterocycles. The number of hydrogen-bond donors (Lipinski definition) is 0. The average Bonchev–Trinajstić information content (AvgIpc) is 4.20. The van der Waals surface area contributed by atoms with Gasteiger partial charge in [0.15, 0.2) is 0 Å². The van der Waals surface area contributed by atoms with Crippen LogP contribution in [-0.2, 0) is 114 Å². The zero-order valence-corrected chi connectivity index (χ0v) is 41.7. The Hall–Kier alpha value is -7.92. The summed E-state index contributed by atoms with van der Waals surface area (Å²) in [6.07, 6.45) is 0.0156. The molecule has 0 saturated carbocycles. The summed E-state index contributed by atoms with van der Waals surface area (Å²) in [5.41, 5.74) is 0.856. The third-order valence-corrected chi connectivity index (χ3v) is 9.54. The molecule has 402 valence electrons. The van der Waals surface area contributed by atoms with Crippen molar-refractivity contribution in [1.29, 1.82) is 0 Å². The van der Waals surface area contributed by atoms with Gasteiger partial charge in [-0.25, -0.2) is 57.5 Å². The van der Waals surface area contributed by atoms with Crippen LogP contribution in [0.5, 0.6) is 0 Å².